The molecule has 0 saturated carbocycles. The van der Waals surface area contributed by atoms with Crippen molar-refractivity contribution in [2.75, 3.05) is 0 Å². The van der Waals surface area contributed by atoms with Gasteiger partial charge in [-0.1, -0.05) is 46.3 Å². The van der Waals surface area contributed by atoms with Gasteiger partial charge in [0.25, 0.3) is 0 Å². The Morgan fingerprint density at radius 3 is 2.38 bits per heavy atom. The van der Waals surface area contributed by atoms with E-state index in [4.69, 9.17) is 0 Å². The van der Waals surface area contributed by atoms with Gasteiger partial charge in [0.05, 0.1) is 0 Å². The molecule has 1 N–H and O–H groups in total. The Hall–Kier alpha value is -0.710. The van der Waals surface area contributed by atoms with E-state index in [1.165, 1.54) is 0 Å². The van der Waals surface area contributed by atoms with Crippen LogP contribution in [0.4, 0.5) is 0 Å². The van der Waals surface area contributed by atoms with E-state index in [9.17, 15) is 5.11 Å². The van der Waals surface area contributed by atoms with Crippen LogP contribution in [0.25, 0.3) is 0 Å². The number of hydrogen-bond donors (Lipinski definition) is 1. The predicted octanol–water partition coefficient (Wildman–Crippen LogP) is 3.69. The van der Waals surface area contributed by atoms with Crippen molar-refractivity contribution in [3.63, 3.8) is 0 Å². The normalized spacial score (nSPS) is 12.4. The van der Waals surface area contributed by atoms with Crippen molar-refractivity contribution in [2.24, 2.45) is 0 Å². The van der Waals surface area contributed by atoms with E-state index in [2.05, 4.69) is 36.8 Å². The molecule has 1 aromatic heterocycles. The molecular formula is C12H9Br2NO. The highest BCUT2D eigenvalue weighted by Gasteiger charge is 2.17. The third kappa shape index (κ3) is 2.34. The van der Waals surface area contributed by atoms with Crippen LogP contribution in [0.15, 0.2) is 51.7 Å². The Morgan fingerprint density at radius 1 is 1.06 bits per heavy atom. The fraction of sp³-hybridized carbons (Fsp3) is 0.0833. The van der Waals surface area contributed by atoms with Crippen molar-refractivity contribution >= 4 is 31.9 Å². The minimum Gasteiger partial charge on any atom is -0.384 e. The first-order chi connectivity index (χ1) is 7.70. The molecule has 1 unspecified atom stereocenters. The molecule has 0 saturated heterocycles. The molecule has 1 heterocycles. The summed E-state index contributed by atoms with van der Waals surface area (Å²) in [5, 5.41) is 10.3. The van der Waals surface area contributed by atoms with E-state index in [-0.39, 0.29) is 0 Å². The summed E-state index contributed by atoms with van der Waals surface area (Å²) in [5.74, 6) is 0. The van der Waals surface area contributed by atoms with Gasteiger partial charge in [-0.05, 0) is 27.6 Å². The topological polar surface area (TPSA) is 33.1 Å². The summed E-state index contributed by atoms with van der Waals surface area (Å²) in [4.78, 5) is 4.11. The summed E-state index contributed by atoms with van der Waals surface area (Å²) in [6.07, 6.45) is 0.994. The van der Waals surface area contributed by atoms with Crippen LogP contribution >= 0.6 is 31.9 Å². The van der Waals surface area contributed by atoms with Crippen LogP contribution in [0, 0.1) is 0 Å². The number of aliphatic hydroxyl groups excluding tert-OH is 1. The molecule has 2 rings (SSSR count). The molecule has 82 valence electrons. The third-order valence-electron chi connectivity index (χ3n) is 2.28. The lowest BCUT2D eigenvalue weighted by molar-refractivity contribution is 0.218. The van der Waals surface area contributed by atoms with Gasteiger partial charge in [-0.2, -0.15) is 0 Å². The van der Waals surface area contributed by atoms with Crippen LogP contribution < -0.4 is 0 Å². The molecule has 16 heavy (non-hydrogen) atoms. The summed E-state index contributed by atoms with van der Waals surface area (Å²) < 4.78 is 1.49. The van der Waals surface area contributed by atoms with Gasteiger partial charge >= 0.3 is 0 Å². The maximum Gasteiger partial charge on any atom is 0.113 e. The van der Waals surface area contributed by atoms with Crippen molar-refractivity contribution in [2.45, 2.75) is 6.10 Å². The van der Waals surface area contributed by atoms with Crippen molar-refractivity contribution in [1.82, 2.24) is 4.98 Å². The van der Waals surface area contributed by atoms with Crippen molar-refractivity contribution in [3.8, 4) is 0 Å². The lowest BCUT2D eigenvalue weighted by Gasteiger charge is -2.14. The van der Waals surface area contributed by atoms with Crippen LogP contribution in [0.3, 0.4) is 0 Å². The van der Waals surface area contributed by atoms with Gasteiger partial charge in [-0.15, -0.1) is 0 Å². The summed E-state index contributed by atoms with van der Waals surface area (Å²) in [6, 6.07) is 11.3. The standard InChI is InChI=1S/C12H9Br2NO/c13-9-6-7-15-12(14)10(9)11(16)8-4-2-1-3-5-8/h1-7,11,16H. The number of halogens is 2. The van der Waals surface area contributed by atoms with Gasteiger partial charge in [0.2, 0.25) is 0 Å². The molecule has 0 aliphatic rings. The zero-order valence-corrected chi connectivity index (χ0v) is 11.4. The molecule has 0 radical (unpaired) electrons. The fourth-order valence-electron chi connectivity index (χ4n) is 1.47. The Balaban J connectivity index is 2.46. The average Bonchev–Trinajstić information content (AvgIpc) is 2.30. The quantitative estimate of drug-likeness (QED) is 0.844. The zero-order chi connectivity index (χ0) is 11.5. The highest BCUT2D eigenvalue weighted by molar-refractivity contribution is 9.11. The van der Waals surface area contributed by atoms with Crippen molar-refractivity contribution in [3.05, 3.63) is 62.8 Å². The second-order valence-corrected chi connectivity index (χ2v) is 4.92. The van der Waals surface area contributed by atoms with Crippen LogP contribution in [-0.2, 0) is 0 Å². The number of pyridine rings is 1. The molecule has 0 fully saturated rings. The third-order valence-corrected chi connectivity index (χ3v) is 3.60. The predicted molar refractivity (Wildman–Crippen MR) is 70.1 cm³/mol. The van der Waals surface area contributed by atoms with Crippen LogP contribution in [-0.4, -0.2) is 10.1 Å². The van der Waals surface area contributed by atoms with Gasteiger partial charge in [0, 0.05) is 16.2 Å². The van der Waals surface area contributed by atoms with Crippen LogP contribution in [0.5, 0.6) is 0 Å². The monoisotopic (exact) mass is 341 g/mol. The highest BCUT2D eigenvalue weighted by atomic mass is 79.9. The maximum atomic E-state index is 10.3. The van der Waals surface area contributed by atoms with E-state index in [0.717, 1.165) is 15.6 Å². The molecule has 0 aliphatic carbocycles. The molecule has 0 amide bonds. The molecular weight excluding hydrogens is 334 g/mol. The smallest absolute Gasteiger partial charge is 0.113 e. The van der Waals surface area contributed by atoms with Crippen LogP contribution in [0.2, 0.25) is 0 Å². The number of hydrogen-bond acceptors (Lipinski definition) is 2. The van der Waals surface area contributed by atoms with E-state index < -0.39 is 6.10 Å². The Kier molecular flexibility index (Phi) is 3.74. The molecule has 0 aliphatic heterocycles. The largest absolute Gasteiger partial charge is 0.384 e. The Bertz CT molecular complexity index is 467. The maximum absolute atomic E-state index is 10.3. The molecule has 1 atom stereocenters. The first kappa shape index (κ1) is 11.8. The number of aliphatic hydroxyl groups is 1. The first-order valence-electron chi connectivity index (χ1n) is 4.73. The van der Waals surface area contributed by atoms with E-state index in [1.807, 2.05) is 36.4 Å². The minimum atomic E-state index is -0.682. The van der Waals surface area contributed by atoms with Crippen LogP contribution in [0.1, 0.15) is 17.2 Å². The summed E-state index contributed by atoms with van der Waals surface area (Å²) >= 11 is 6.76. The lowest BCUT2D eigenvalue weighted by Crippen LogP contribution is -2.02. The summed E-state index contributed by atoms with van der Waals surface area (Å²) in [6.45, 7) is 0. The summed E-state index contributed by atoms with van der Waals surface area (Å²) in [7, 11) is 0. The molecule has 2 nitrogen and oxygen atoms in total. The number of benzene rings is 1. The zero-order valence-electron chi connectivity index (χ0n) is 8.27. The molecule has 4 heteroatoms. The number of aromatic nitrogens is 1. The Morgan fingerprint density at radius 2 is 1.75 bits per heavy atom. The summed E-state index contributed by atoms with van der Waals surface area (Å²) in [5.41, 5.74) is 1.59. The second-order valence-electron chi connectivity index (χ2n) is 3.31. The van der Waals surface area contributed by atoms with Gasteiger partial charge in [-0.3, -0.25) is 0 Å². The highest BCUT2D eigenvalue weighted by Crippen LogP contribution is 2.32. The average molecular weight is 343 g/mol. The van der Waals surface area contributed by atoms with E-state index >= 15 is 0 Å². The molecule has 2 aromatic rings. The van der Waals surface area contributed by atoms with E-state index in [1.54, 1.807) is 6.20 Å². The van der Waals surface area contributed by atoms with Gasteiger partial charge in [0.15, 0.2) is 0 Å². The Labute approximate surface area is 111 Å². The SMILES string of the molecule is OC(c1ccccc1)c1c(Br)ccnc1Br. The van der Waals surface area contributed by atoms with Crippen molar-refractivity contribution in [1.29, 1.82) is 0 Å². The number of nitrogens with zero attached hydrogens (tertiary/aromatic N) is 1. The van der Waals surface area contributed by atoms with Gasteiger partial charge in [-0.25, -0.2) is 4.98 Å². The number of rotatable bonds is 2. The minimum absolute atomic E-state index is 0.651. The van der Waals surface area contributed by atoms with Gasteiger partial charge in [0.1, 0.15) is 10.7 Å². The van der Waals surface area contributed by atoms with E-state index in [0.29, 0.717) is 4.60 Å². The lowest BCUT2D eigenvalue weighted by atomic mass is 10.0. The molecule has 0 bridgehead atoms. The first-order valence-corrected chi connectivity index (χ1v) is 6.31. The van der Waals surface area contributed by atoms with Gasteiger partial charge < -0.3 is 5.11 Å². The molecule has 0 spiro atoms. The molecule has 1 aromatic carbocycles. The fourth-order valence-corrected chi connectivity index (χ4v) is 2.81. The van der Waals surface area contributed by atoms with Crippen molar-refractivity contribution < 1.29 is 5.11 Å². The second kappa shape index (κ2) is 5.08.